The van der Waals surface area contributed by atoms with Crippen LogP contribution in [0.2, 0.25) is 0 Å². The molecule has 0 radical (unpaired) electrons. The number of rotatable bonds is 3. The molecule has 32 heavy (non-hydrogen) atoms. The van der Waals surface area contributed by atoms with Crippen molar-refractivity contribution in [1.29, 1.82) is 0 Å². The highest BCUT2D eigenvalue weighted by Crippen LogP contribution is 2.30. The van der Waals surface area contributed by atoms with Crippen LogP contribution in [0.5, 0.6) is 0 Å². The molecule has 0 saturated carbocycles. The van der Waals surface area contributed by atoms with Gasteiger partial charge in [-0.25, -0.2) is 19.3 Å². The van der Waals surface area contributed by atoms with E-state index in [-0.39, 0.29) is 0 Å². The number of aryl methyl sites for hydroxylation is 1. The van der Waals surface area contributed by atoms with Gasteiger partial charge in [0.15, 0.2) is 5.65 Å². The van der Waals surface area contributed by atoms with Gasteiger partial charge in [0, 0.05) is 31.8 Å². The molecule has 5 heterocycles. The third-order valence-corrected chi connectivity index (χ3v) is 6.17. The van der Waals surface area contributed by atoms with E-state index in [9.17, 15) is 4.39 Å². The SMILES string of the molecule is Cc1nc2ccccc2nc1-c1cc2nc(N3CC[C@@H](F)C3)cc(N3CCOCC3)n2n1. The summed E-state index contributed by atoms with van der Waals surface area (Å²) in [4.78, 5) is 18.7. The molecule has 2 aliphatic heterocycles. The van der Waals surface area contributed by atoms with Crippen molar-refractivity contribution in [3.63, 3.8) is 0 Å². The van der Waals surface area contributed by atoms with Gasteiger partial charge in [0.2, 0.25) is 0 Å². The van der Waals surface area contributed by atoms with Gasteiger partial charge in [0.1, 0.15) is 29.2 Å². The van der Waals surface area contributed by atoms with Gasteiger partial charge in [-0.1, -0.05) is 12.1 Å². The van der Waals surface area contributed by atoms with Crippen LogP contribution in [0.15, 0.2) is 36.4 Å². The second-order valence-electron chi connectivity index (χ2n) is 8.35. The Balaban J connectivity index is 1.50. The Morgan fingerprint density at radius 3 is 2.50 bits per heavy atom. The first-order chi connectivity index (χ1) is 15.7. The maximum absolute atomic E-state index is 13.9. The molecule has 6 rings (SSSR count). The van der Waals surface area contributed by atoms with E-state index in [0.29, 0.717) is 32.7 Å². The topological polar surface area (TPSA) is 71.7 Å². The van der Waals surface area contributed by atoms with Crippen LogP contribution in [0.3, 0.4) is 0 Å². The third-order valence-electron chi connectivity index (χ3n) is 6.17. The van der Waals surface area contributed by atoms with Crippen molar-refractivity contribution in [2.45, 2.75) is 19.5 Å². The highest BCUT2D eigenvalue weighted by Gasteiger charge is 2.26. The predicted octanol–water partition coefficient (Wildman–Crippen LogP) is 3.03. The fraction of sp³-hybridized carbons (Fsp3) is 0.391. The van der Waals surface area contributed by atoms with E-state index in [0.717, 1.165) is 58.5 Å². The van der Waals surface area contributed by atoms with E-state index in [1.807, 2.05) is 52.7 Å². The first kappa shape index (κ1) is 19.4. The van der Waals surface area contributed by atoms with Crippen LogP contribution in [0.25, 0.3) is 28.1 Å². The van der Waals surface area contributed by atoms with Gasteiger partial charge in [0.25, 0.3) is 0 Å². The molecule has 0 aliphatic carbocycles. The quantitative estimate of drug-likeness (QED) is 0.492. The molecule has 0 N–H and O–H groups in total. The number of nitrogens with zero attached hydrogens (tertiary/aromatic N) is 7. The van der Waals surface area contributed by atoms with Crippen LogP contribution in [0.4, 0.5) is 16.0 Å². The molecule has 8 nitrogen and oxygen atoms in total. The number of benzene rings is 1. The number of halogens is 1. The summed E-state index contributed by atoms with van der Waals surface area (Å²) in [5.41, 5.74) is 4.70. The molecule has 3 aromatic heterocycles. The van der Waals surface area contributed by atoms with Crippen LogP contribution in [0, 0.1) is 6.92 Å². The molecule has 2 aliphatic rings. The lowest BCUT2D eigenvalue weighted by atomic mass is 10.2. The number of fused-ring (bicyclic) bond motifs is 2. The molecular weight excluding hydrogens is 409 g/mol. The zero-order chi connectivity index (χ0) is 21.7. The van der Waals surface area contributed by atoms with Crippen LogP contribution < -0.4 is 9.80 Å². The summed E-state index contributed by atoms with van der Waals surface area (Å²) in [7, 11) is 0. The van der Waals surface area contributed by atoms with Crippen LogP contribution in [-0.2, 0) is 4.74 Å². The molecule has 2 fully saturated rings. The largest absolute Gasteiger partial charge is 0.378 e. The second-order valence-corrected chi connectivity index (χ2v) is 8.35. The molecule has 164 valence electrons. The summed E-state index contributed by atoms with van der Waals surface area (Å²) in [6.07, 6.45) is -0.272. The Hall–Kier alpha value is -3.33. The number of para-hydroxylation sites is 2. The summed E-state index contributed by atoms with van der Waals surface area (Å²) >= 11 is 0. The molecule has 9 heteroatoms. The Labute approximate surface area is 184 Å². The first-order valence-corrected chi connectivity index (χ1v) is 11.0. The van der Waals surface area contributed by atoms with Gasteiger partial charge in [-0.2, -0.15) is 9.61 Å². The summed E-state index contributed by atoms with van der Waals surface area (Å²) in [5, 5.41) is 4.89. The summed E-state index contributed by atoms with van der Waals surface area (Å²) in [6, 6.07) is 11.8. The van der Waals surface area contributed by atoms with Crippen LogP contribution in [0.1, 0.15) is 12.1 Å². The minimum Gasteiger partial charge on any atom is -0.378 e. The van der Waals surface area contributed by atoms with Gasteiger partial charge in [-0.05, 0) is 25.5 Å². The third kappa shape index (κ3) is 3.33. The lowest BCUT2D eigenvalue weighted by Crippen LogP contribution is -2.37. The zero-order valence-electron chi connectivity index (χ0n) is 17.9. The fourth-order valence-corrected chi connectivity index (χ4v) is 4.50. The summed E-state index contributed by atoms with van der Waals surface area (Å²) in [5.74, 6) is 1.72. The van der Waals surface area contributed by atoms with E-state index < -0.39 is 6.17 Å². The number of alkyl halides is 1. The number of morpholine rings is 1. The minimum absolute atomic E-state index is 0.377. The maximum Gasteiger partial charge on any atom is 0.160 e. The van der Waals surface area contributed by atoms with E-state index in [4.69, 9.17) is 24.8 Å². The molecule has 0 unspecified atom stereocenters. The molecule has 2 saturated heterocycles. The Kier molecular flexibility index (Phi) is 4.64. The summed E-state index contributed by atoms with van der Waals surface area (Å²) < 4.78 is 21.3. The molecule has 1 aromatic carbocycles. The zero-order valence-corrected chi connectivity index (χ0v) is 17.9. The fourth-order valence-electron chi connectivity index (χ4n) is 4.50. The van der Waals surface area contributed by atoms with Crippen molar-refractivity contribution in [3.05, 3.63) is 42.1 Å². The molecule has 1 atom stereocenters. The number of ether oxygens (including phenoxy) is 1. The molecule has 4 aromatic rings. The lowest BCUT2D eigenvalue weighted by Gasteiger charge is -2.29. The Bertz CT molecular complexity index is 1300. The monoisotopic (exact) mass is 433 g/mol. The highest BCUT2D eigenvalue weighted by atomic mass is 19.1. The van der Waals surface area contributed by atoms with Crippen molar-refractivity contribution in [1.82, 2.24) is 24.6 Å². The minimum atomic E-state index is -0.809. The van der Waals surface area contributed by atoms with Gasteiger partial charge in [-0.3, -0.25) is 0 Å². The molecule has 0 amide bonds. The molecule has 0 spiro atoms. The van der Waals surface area contributed by atoms with Gasteiger partial charge in [-0.15, -0.1) is 0 Å². The number of hydrogen-bond acceptors (Lipinski definition) is 7. The van der Waals surface area contributed by atoms with Crippen molar-refractivity contribution in [2.75, 3.05) is 49.2 Å². The van der Waals surface area contributed by atoms with E-state index in [1.165, 1.54) is 0 Å². The van der Waals surface area contributed by atoms with E-state index in [1.54, 1.807) is 0 Å². The number of aromatic nitrogens is 5. The van der Waals surface area contributed by atoms with E-state index in [2.05, 4.69) is 4.90 Å². The smallest absolute Gasteiger partial charge is 0.160 e. The van der Waals surface area contributed by atoms with Gasteiger partial charge in [0.05, 0.1) is 36.5 Å². The predicted molar refractivity (Wildman–Crippen MR) is 121 cm³/mol. The summed E-state index contributed by atoms with van der Waals surface area (Å²) in [6.45, 7) is 5.87. The average Bonchev–Trinajstić information content (AvgIpc) is 3.44. The Morgan fingerprint density at radius 1 is 0.969 bits per heavy atom. The second kappa shape index (κ2) is 7.67. The lowest BCUT2D eigenvalue weighted by molar-refractivity contribution is 0.122. The number of anilines is 2. The normalized spacial score (nSPS) is 19.4. The number of hydrogen-bond donors (Lipinski definition) is 0. The standard InChI is InChI=1S/C23H24FN7O/c1-15-23(26-18-5-3-2-4-17(18)25-15)19-12-21-27-20(30-7-6-16(24)14-30)13-22(31(21)28-19)29-8-10-32-11-9-29/h2-5,12-13,16H,6-11,14H2,1H3/t16-/m1/s1. The Morgan fingerprint density at radius 2 is 1.75 bits per heavy atom. The average molecular weight is 433 g/mol. The van der Waals surface area contributed by atoms with Crippen molar-refractivity contribution < 1.29 is 9.13 Å². The molecule has 0 bridgehead atoms. The maximum atomic E-state index is 13.9. The highest BCUT2D eigenvalue weighted by molar-refractivity contribution is 5.78. The van der Waals surface area contributed by atoms with Crippen molar-refractivity contribution in [2.24, 2.45) is 0 Å². The van der Waals surface area contributed by atoms with Gasteiger partial charge >= 0.3 is 0 Å². The van der Waals surface area contributed by atoms with Crippen LogP contribution >= 0.6 is 0 Å². The first-order valence-electron chi connectivity index (χ1n) is 11.0. The van der Waals surface area contributed by atoms with Crippen LogP contribution in [-0.4, -0.2) is 70.1 Å². The van der Waals surface area contributed by atoms with E-state index >= 15 is 0 Å². The van der Waals surface area contributed by atoms with Crippen molar-refractivity contribution >= 4 is 28.3 Å². The van der Waals surface area contributed by atoms with Gasteiger partial charge < -0.3 is 14.5 Å². The van der Waals surface area contributed by atoms with Crippen molar-refractivity contribution in [3.8, 4) is 11.4 Å². The molecular formula is C23H24FN7O.